The molecule has 1 rings (SSSR count). The van der Waals surface area contributed by atoms with Crippen molar-refractivity contribution in [1.29, 1.82) is 0 Å². The van der Waals surface area contributed by atoms with Crippen LogP contribution in [-0.2, 0) is 4.74 Å². The van der Waals surface area contributed by atoms with E-state index in [0.29, 0.717) is 6.04 Å². The second-order valence-electron chi connectivity index (χ2n) is 5.26. The Morgan fingerprint density at radius 2 is 1.88 bits per heavy atom. The Hall–Kier alpha value is -0.730. The molecule has 0 aliphatic heterocycles. The zero-order valence-corrected chi connectivity index (χ0v) is 11.6. The van der Waals surface area contributed by atoms with Gasteiger partial charge in [-0.15, -0.1) is 0 Å². The quantitative estimate of drug-likeness (QED) is 0.741. The Bertz CT molecular complexity index is 214. The molecule has 0 bridgehead atoms. The van der Waals surface area contributed by atoms with Gasteiger partial charge in [-0.3, -0.25) is 0 Å². The summed E-state index contributed by atoms with van der Waals surface area (Å²) in [5, 5.41) is 2.90. The average molecular weight is 231 g/mol. The van der Waals surface area contributed by atoms with Gasteiger partial charge in [0, 0.05) is 7.47 Å². The van der Waals surface area contributed by atoms with Crippen molar-refractivity contribution in [3.05, 3.63) is 0 Å². The van der Waals surface area contributed by atoms with E-state index in [1.165, 1.54) is 6.42 Å². The molecule has 1 amide bonds. The van der Waals surface area contributed by atoms with Crippen molar-refractivity contribution in [2.75, 3.05) is 0 Å². The zero-order chi connectivity index (χ0) is 12.8. The maximum atomic E-state index is 11.4. The fourth-order valence-electron chi connectivity index (χ4n) is 1.81. The number of rotatable bonds is 1. The molecule has 98 valence electrons. The summed E-state index contributed by atoms with van der Waals surface area (Å²) in [5.74, 6) is 0.731. The first kappa shape index (κ1) is 15.3. The molecule has 16 heavy (non-hydrogen) atoms. The first-order valence-electron chi connectivity index (χ1n) is 6.36. The number of hydrogen-bond donors (Lipinski definition) is 1. The highest BCUT2D eigenvalue weighted by molar-refractivity contribution is 5.68. The fourth-order valence-corrected chi connectivity index (χ4v) is 1.81. The lowest BCUT2D eigenvalue weighted by Crippen LogP contribution is -2.37. The van der Waals surface area contributed by atoms with Gasteiger partial charge in [-0.1, -0.05) is 20.8 Å². The van der Waals surface area contributed by atoms with Crippen LogP contribution in [0.15, 0.2) is 0 Å². The van der Waals surface area contributed by atoms with Gasteiger partial charge in [-0.2, -0.15) is 0 Å². The van der Waals surface area contributed by atoms with Gasteiger partial charge in [0.05, 0.1) is 0 Å². The molecule has 0 aromatic heterocycles. The number of ether oxygens (including phenoxy) is 1. The van der Waals surface area contributed by atoms with Crippen LogP contribution in [0.4, 0.5) is 4.79 Å². The standard InChI is InChI=1S/C11H21NO2.C2H6.H2/c1-8-5-6-9(7-8)12-10(13)14-11(2,3)4;1-2;/h8-9H,5-7H2,1-4H3,(H,12,13);1-2H3;1H. The number of nitrogens with one attached hydrogen (secondary N) is 1. The van der Waals surface area contributed by atoms with Crippen LogP contribution in [-0.4, -0.2) is 17.7 Å². The second-order valence-corrected chi connectivity index (χ2v) is 5.26. The van der Waals surface area contributed by atoms with Crippen LogP contribution in [0.2, 0.25) is 0 Å². The number of amides is 1. The van der Waals surface area contributed by atoms with Gasteiger partial charge in [0.1, 0.15) is 5.60 Å². The first-order chi connectivity index (χ1) is 7.37. The van der Waals surface area contributed by atoms with Gasteiger partial charge >= 0.3 is 6.09 Å². The van der Waals surface area contributed by atoms with E-state index < -0.39 is 5.60 Å². The van der Waals surface area contributed by atoms with Gasteiger partial charge < -0.3 is 10.1 Å². The molecule has 0 radical (unpaired) electrons. The van der Waals surface area contributed by atoms with Gasteiger partial charge in [0.2, 0.25) is 0 Å². The molecule has 0 aromatic rings. The van der Waals surface area contributed by atoms with Crippen LogP contribution in [0.1, 0.15) is 62.2 Å². The molecule has 1 aliphatic rings. The van der Waals surface area contributed by atoms with Crippen molar-refractivity contribution in [3.63, 3.8) is 0 Å². The van der Waals surface area contributed by atoms with Gasteiger partial charge in [0.25, 0.3) is 0 Å². The highest BCUT2D eigenvalue weighted by Gasteiger charge is 2.24. The Kier molecular flexibility index (Phi) is 6.46. The number of alkyl carbamates (subject to hydrolysis) is 1. The summed E-state index contributed by atoms with van der Waals surface area (Å²) in [7, 11) is 0. The minimum atomic E-state index is -0.395. The molecule has 1 saturated carbocycles. The maximum absolute atomic E-state index is 11.4. The largest absolute Gasteiger partial charge is 0.444 e. The molecule has 0 heterocycles. The first-order valence-corrected chi connectivity index (χ1v) is 6.36. The molecule has 1 aliphatic carbocycles. The lowest BCUT2D eigenvalue weighted by molar-refractivity contribution is 0.0505. The Labute approximate surface area is 101 Å². The topological polar surface area (TPSA) is 38.3 Å². The summed E-state index contributed by atoms with van der Waals surface area (Å²) >= 11 is 0. The van der Waals surface area contributed by atoms with Crippen molar-refractivity contribution in [3.8, 4) is 0 Å². The SMILES string of the molecule is CC.CC1CCC(NC(=O)OC(C)(C)C)C1.[HH]. The van der Waals surface area contributed by atoms with E-state index >= 15 is 0 Å². The van der Waals surface area contributed by atoms with Crippen molar-refractivity contribution < 1.29 is 11.0 Å². The summed E-state index contributed by atoms with van der Waals surface area (Å²) < 4.78 is 5.18. The van der Waals surface area contributed by atoms with Gasteiger partial charge in [-0.25, -0.2) is 4.79 Å². The molecule has 2 atom stereocenters. The lowest BCUT2D eigenvalue weighted by atomic mass is 10.1. The van der Waals surface area contributed by atoms with E-state index in [1.54, 1.807) is 0 Å². The fraction of sp³-hybridized carbons (Fsp3) is 0.923. The minimum Gasteiger partial charge on any atom is -0.444 e. The van der Waals surface area contributed by atoms with Crippen LogP contribution in [0.5, 0.6) is 0 Å². The number of carbonyl (C=O) groups is 1. The van der Waals surface area contributed by atoms with Crippen molar-refractivity contribution in [2.24, 2.45) is 5.92 Å². The molecule has 1 fully saturated rings. The third-order valence-corrected chi connectivity index (χ3v) is 2.42. The molecule has 0 saturated heterocycles. The van der Waals surface area contributed by atoms with Gasteiger partial charge in [-0.05, 0) is 46.0 Å². The predicted molar refractivity (Wildman–Crippen MR) is 69.6 cm³/mol. The van der Waals surface area contributed by atoms with Crippen LogP contribution in [0.3, 0.4) is 0 Å². The molecular formula is C13H29NO2. The van der Waals surface area contributed by atoms with Crippen molar-refractivity contribution in [1.82, 2.24) is 5.32 Å². The smallest absolute Gasteiger partial charge is 0.407 e. The van der Waals surface area contributed by atoms with Crippen LogP contribution in [0.25, 0.3) is 0 Å². The molecule has 1 N–H and O–H groups in total. The highest BCUT2D eigenvalue weighted by Crippen LogP contribution is 2.24. The molecule has 2 unspecified atom stereocenters. The number of hydrogen-bond acceptors (Lipinski definition) is 2. The van der Waals surface area contributed by atoms with Crippen LogP contribution < -0.4 is 5.32 Å². The third-order valence-electron chi connectivity index (χ3n) is 2.42. The molecule has 0 aromatic carbocycles. The van der Waals surface area contributed by atoms with E-state index in [4.69, 9.17) is 4.74 Å². The summed E-state index contributed by atoms with van der Waals surface area (Å²) in [5.41, 5.74) is -0.395. The van der Waals surface area contributed by atoms with Gasteiger partial charge in [0.15, 0.2) is 0 Å². The van der Waals surface area contributed by atoms with E-state index in [-0.39, 0.29) is 7.52 Å². The normalized spacial score (nSPS) is 24.4. The minimum absolute atomic E-state index is 0. The second kappa shape index (κ2) is 6.77. The zero-order valence-electron chi connectivity index (χ0n) is 11.6. The van der Waals surface area contributed by atoms with Crippen molar-refractivity contribution >= 4 is 6.09 Å². The summed E-state index contributed by atoms with van der Waals surface area (Å²) in [6.45, 7) is 11.9. The summed E-state index contributed by atoms with van der Waals surface area (Å²) in [6.07, 6.45) is 3.09. The molecular weight excluding hydrogens is 202 g/mol. The molecule has 3 heteroatoms. The maximum Gasteiger partial charge on any atom is 0.407 e. The number of carbonyl (C=O) groups excluding carboxylic acids is 1. The lowest BCUT2D eigenvalue weighted by Gasteiger charge is -2.21. The van der Waals surface area contributed by atoms with E-state index in [2.05, 4.69) is 12.2 Å². The van der Waals surface area contributed by atoms with E-state index in [1.807, 2.05) is 34.6 Å². The van der Waals surface area contributed by atoms with E-state index in [9.17, 15) is 4.79 Å². The summed E-state index contributed by atoms with van der Waals surface area (Å²) in [6, 6.07) is 0.319. The Morgan fingerprint density at radius 3 is 2.25 bits per heavy atom. The Morgan fingerprint density at radius 1 is 1.31 bits per heavy atom. The highest BCUT2D eigenvalue weighted by atomic mass is 16.6. The summed E-state index contributed by atoms with van der Waals surface area (Å²) in [4.78, 5) is 11.4. The predicted octanol–water partition coefficient (Wildman–Crippen LogP) is 3.97. The monoisotopic (exact) mass is 231 g/mol. The van der Waals surface area contributed by atoms with Crippen molar-refractivity contribution in [2.45, 2.75) is 72.4 Å². The molecule has 3 nitrogen and oxygen atoms in total. The molecule has 0 spiro atoms. The third kappa shape index (κ3) is 6.70. The van der Waals surface area contributed by atoms with Crippen LogP contribution >= 0.6 is 0 Å². The average Bonchev–Trinajstić information content (AvgIpc) is 2.51. The van der Waals surface area contributed by atoms with Crippen LogP contribution in [0, 0.1) is 5.92 Å². The Balaban J connectivity index is 0. The van der Waals surface area contributed by atoms with E-state index in [0.717, 1.165) is 18.8 Å².